The molecule has 0 bridgehead atoms. The summed E-state index contributed by atoms with van der Waals surface area (Å²) >= 11 is 0. The monoisotopic (exact) mass is 428 g/mol. The molecule has 0 aromatic carbocycles. The third-order valence-electron chi connectivity index (χ3n) is 5.82. The van der Waals surface area contributed by atoms with E-state index in [0.29, 0.717) is 32.1 Å². The summed E-state index contributed by atoms with van der Waals surface area (Å²) < 4.78 is 43.7. The lowest BCUT2D eigenvalue weighted by atomic mass is 9.52. The number of rotatable bonds is 8. The number of ether oxygens (including phenoxy) is 1. The van der Waals surface area contributed by atoms with Crippen LogP contribution in [0.1, 0.15) is 42.5 Å². The number of carbonyl (C=O) groups excluding carboxylic acids is 3. The van der Waals surface area contributed by atoms with E-state index < -0.39 is 36.5 Å². The predicted octanol–water partition coefficient (Wildman–Crippen LogP) is 1.40. The molecular weight excluding hydrogens is 405 g/mol. The van der Waals surface area contributed by atoms with Crippen molar-refractivity contribution in [2.75, 3.05) is 7.05 Å². The Morgan fingerprint density at radius 2 is 2.07 bits per heavy atom. The molecule has 1 aromatic heterocycles. The molecule has 0 radical (unpaired) electrons. The van der Waals surface area contributed by atoms with E-state index >= 15 is 0 Å². The molecule has 164 valence electrons. The normalized spacial score (nSPS) is 26.3. The first-order chi connectivity index (χ1) is 14.1. The Morgan fingerprint density at radius 1 is 1.40 bits per heavy atom. The van der Waals surface area contributed by atoms with Crippen molar-refractivity contribution in [2.24, 2.45) is 11.1 Å². The van der Waals surface area contributed by atoms with Gasteiger partial charge in [0.25, 0.3) is 5.91 Å². The number of carbonyl (C=O) groups is 3. The molecule has 11 heteroatoms. The highest BCUT2D eigenvalue weighted by Gasteiger charge is 2.56. The zero-order valence-corrected chi connectivity index (χ0v) is 16.3. The molecule has 1 heterocycles. The van der Waals surface area contributed by atoms with Gasteiger partial charge in [-0.15, -0.1) is 0 Å². The van der Waals surface area contributed by atoms with Crippen LogP contribution in [0.25, 0.3) is 0 Å². The van der Waals surface area contributed by atoms with Crippen LogP contribution in [0, 0.1) is 5.41 Å². The van der Waals surface area contributed by atoms with Crippen LogP contribution in [0.4, 0.5) is 13.2 Å². The van der Waals surface area contributed by atoms with Crippen molar-refractivity contribution in [3.05, 3.63) is 23.9 Å². The predicted molar refractivity (Wildman–Crippen MR) is 98.3 cm³/mol. The summed E-state index contributed by atoms with van der Waals surface area (Å²) in [6.45, 7) is 0. The SMILES string of the molecule is CN[C@@H](CC(F)(F)F)C(=O)N(C=O)C1CC2(CC(Oc3ncccc3C(N)=O)C2)C1. The van der Waals surface area contributed by atoms with E-state index in [2.05, 4.69) is 10.3 Å². The average Bonchev–Trinajstić information content (AvgIpc) is 2.61. The molecule has 3 N–H and O–H groups in total. The molecule has 1 atom stereocenters. The van der Waals surface area contributed by atoms with Gasteiger partial charge in [0.05, 0.1) is 12.5 Å². The first kappa shape index (κ1) is 22.0. The Kier molecular flexibility index (Phi) is 6.02. The molecule has 0 aliphatic heterocycles. The van der Waals surface area contributed by atoms with Crippen molar-refractivity contribution in [1.82, 2.24) is 15.2 Å². The minimum absolute atomic E-state index is 0.127. The van der Waals surface area contributed by atoms with E-state index in [1.54, 1.807) is 6.07 Å². The van der Waals surface area contributed by atoms with Crippen LogP contribution >= 0.6 is 0 Å². The number of alkyl halides is 3. The van der Waals surface area contributed by atoms with Gasteiger partial charge in [-0.25, -0.2) is 4.98 Å². The second-order valence-electron chi connectivity index (χ2n) is 7.94. The van der Waals surface area contributed by atoms with Gasteiger partial charge >= 0.3 is 6.18 Å². The van der Waals surface area contributed by atoms with Crippen LogP contribution in [0.2, 0.25) is 0 Å². The average molecular weight is 428 g/mol. The first-order valence-corrected chi connectivity index (χ1v) is 9.50. The number of imide groups is 1. The van der Waals surface area contributed by atoms with Gasteiger partial charge in [-0.05, 0) is 50.3 Å². The van der Waals surface area contributed by atoms with Gasteiger partial charge in [0.15, 0.2) is 0 Å². The van der Waals surface area contributed by atoms with Crippen LogP contribution in [-0.4, -0.2) is 59.5 Å². The number of nitrogens with one attached hydrogen (secondary N) is 1. The molecule has 8 nitrogen and oxygen atoms in total. The minimum atomic E-state index is -4.52. The number of amides is 3. The lowest BCUT2D eigenvalue weighted by Gasteiger charge is -2.58. The van der Waals surface area contributed by atoms with Crippen molar-refractivity contribution in [1.29, 1.82) is 0 Å². The number of aromatic nitrogens is 1. The van der Waals surface area contributed by atoms with Gasteiger partial charge in [-0.3, -0.25) is 19.3 Å². The van der Waals surface area contributed by atoms with Crippen LogP contribution in [0.3, 0.4) is 0 Å². The number of primary amides is 1. The van der Waals surface area contributed by atoms with E-state index in [0.717, 1.165) is 4.90 Å². The molecule has 2 aliphatic rings. The van der Waals surface area contributed by atoms with Gasteiger partial charge in [0, 0.05) is 12.2 Å². The zero-order chi connectivity index (χ0) is 22.1. The summed E-state index contributed by atoms with van der Waals surface area (Å²) in [6, 6.07) is 1.16. The van der Waals surface area contributed by atoms with Crippen LogP contribution in [-0.2, 0) is 9.59 Å². The molecule has 2 saturated carbocycles. The number of hydrogen-bond acceptors (Lipinski definition) is 6. The second-order valence-corrected chi connectivity index (χ2v) is 7.94. The van der Waals surface area contributed by atoms with E-state index in [-0.39, 0.29) is 23.0 Å². The Balaban J connectivity index is 1.54. The molecule has 1 aromatic rings. The van der Waals surface area contributed by atoms with Crippen molar-refractivity contribution in [2.45, 2.75) is 56.5 Å². The number of nitrogens with two attached hydrogens (primary N) is 1. The zero-order valence-electron chi connectivity index (χ0n) is 16.3. The maximum absolute atomic E-state index is 12.7. The molecule has 3 amide bonds. The lowest BCUT2D eigenvalue weighted by Crippen LogP contribution is -2.61. The van der Waals surface area contributed by atoms with Crippen molar-refractivity contribution in [3.8, 4) is 5.88 Å². The smallest absolute Gasteiger partial charge is 0.391 e. The Hall–Kier alpha value is -2.69. The molecule has 2 fully saturated rings. The van der Waals surface area contributed by atoms with E-state index in [9.17, 15) is 27.6 Å². The fraction of sp³-hybridized carbons (Fsp3) is 0.579. The fourth-order valence-corrected chi connectivity index (χ4v) is 4.33. The van der Waals surface area contributed by atoms with Crippen LogP contribution in [0.15, 0.2) is 18.3 Å². The fourth-order valence-electron chi connectivity index (χ4n) is 4.33. The number of pyridine rings is 1. The molecule has 1 spiro atoms. The van der Waals surface area contributed by atoms with E-state index in [1.165, 1.54) is 19.3 Å². The highest BCUT2D eigenvalue weighted by molar-refractivity contribution is 5.95. The summed E-state index contributed by atoms with van der Waals surface area (Å²) in [5.74, 6) is -1.36. The highest BCUT2D eigenvalue weighted by atomic mass is 19.4. The summed E-state index contributed by atoms with van der Waals surface area (Å²) in [4.78, 5) is 40.2. The second kappa shape index (κ2) is 8.21. The van der Waals surface area contributed by atoms with Crippen molar-refractivity contribution in [3.63, 3.8) is 0 Å². The van der Waals surface area contributed by atoms with Gasteiger partial charge in [0.1, 0.15) is 11.7 Å². The Bertz CT molecular complexity index is 818. The molecule has 0 unspecified atom stereocenters. The summed E-state index contributed by atoms with van der Waals surface area (Å²) in [7, 11) is 1.26. The van der Waals surface area contributed by atoms with Crippen molar-refractivity contribution < 1.29 is 32.3 Å². The standard InChI is InChI=1S/C19H23F3N4O4/c1-24-14(9-19(20,21)22)17(29)26(10-27)11-5-18(6-11)7-12(8-18)30-16-13(15(23)28)3-2-4-25-16/h2-4,10-12,14,24H,5-9H2,1H3,(H2,23,28)/t11?,12?,14-,18?/m0/s1. The van der Waals surface area contributed by atoms with Gasteiger partial charge in [-0.1, -0.05) is 0 Å². The molecule has 3 rings (SSSR count). The summed E-state index contributed by atoms with van der Waals surface area (Å²) in [5, 5.41) is 2.34. The third kappa shape index (κ3) is 4.55. The minimum Gasteiger partial charge on any atom is -0.474 e. The number of halogens is 3. The molecule has 0 saturated heterocycles. The number of likely N-dealkylation sites (N-methyl/N-ethyl adjacent to an activating group) is 1. The maximum atomic E-state index is 12.7. The van der Waals surface area contributed by atoms with Crippen LogP contribution < -0.4 is 15.8 Å². The Labute approximate surface area is 170 Å². The molecule has 2 aliphatic carbocycles. The van der Waals surface area contributed by atoms with Gasteiger partial charge < -0.3 is 15.8 Å². The molecule has 30 heavy (non-hydrogen) atoms. The van der Waals surface area contributed by atoms with E-state index in [4.69, 9.17) is 10.5 Å². The quantitative estimate of drug-likeness (QED) is 0.605. The summed E-state index contributed by atoms with van der Waals surface area (Å²) in [6.07, 6.45) is -1.97. The van der Waals surface area contributed by atoms with Gasteiger partial charge in [0.2, 0.25) is 18.2 Å². The topological polar surface area (TPSA) is 115 Å². The molecular formula is C19H23F3N4O4. The van der Waals surface area contributed by atoms with Crippen molar-refractivity contribution >= 4 is 18.2 Å². The maximum Gasteiger partial charge on any atom is 0.391 e. The van der Waals surface area contributed by atoms with E-state index in [1.807, 2.05) is 0 Å². The largest absolute Gasteiger partial charge is 0.474 e. The first-order valence-electron chi connectivity index (χ1n) is 9.50. The number of hydrogen-bond donors (Lipinski definition) is 2. The van der Waals surface area contributed by atoms with Gasteiger partial charge in [-0.2, -0.15) is 13.2 Å². The lowest BCUT2D eigenvalue weighted by molar-refractivity contribution is -0.166. The highest BCUT2D eigenvalue weighted by Crippen LogP contribution is 2.58. The third-order valence-corrected chi connectivity index (χ3v) is 5.82. The van der Waals surface area contributed by atoms with Crippen LogP contribution in [0.5, 0.6) is 5.88 Å². The Morgan fingerprint density at radius 3 is 2.60 bits per heavy atom. The number of nitrogens with zero attached hydrogens (tertiary/aromatic N) is 2. The summed E-state index contributed by atoms with van der Waals surface area (Å²) in [5.41, 5.74) is 5.36.